The second-order valence-corrected chi connectivity index (χ2v) is 5.74. The van der Waals surface area contributed by atoms with Crippen LogP contribution in [0.15, 0.2) is 28.8 Å². The lowest BCUT2D eigenvalue weighted by Gasteiger charge is -2.22. The summed E-state index contributed by atoms with van der Waals surface area (Å²) in [7, 11) is 1.79. The molecule has 3 rings (SSSR count). The molecule has 134 valence electrons. The number of aliphatic imine (C=N–C) groups is 1. The molecule has 0 bridgehead atoms. The number of nitrogens with zero attached hydrogens (tertiary/aromatic N) is 6. The molecule has 0 aromatic carbocycles. The average molecular weight is 354 g/mol. The Morgan fingerprint density at radius 3 is 2.92 bits per heavy atom. The van der Waals surface area contributed by atoms with Gasteiger partial charge >= 0.3 is 0 Å². The van der Waals surface area contributed by atoms with E-state index in [2.05, 4.69) is 21.3 Å². The topological polar surface area (TPSA) is 107 Å². The number of aromatic nitrogens is 4. The number of ether oxygens (including phenoxy) is 2. The van der Waals surface area contributed by atoms with Crippen LogP contribution >= 0.6 is 0 Å². The zero-order valence-corrected chi connectivity index (χ0v) is 14.9. The average Bonchev–Trinajstić information content (AvgIpc) is 3.17. The minimum atomic E-state index is -0.487. The van der Waals surface area contributed by atoms with E-state index in [-0.39, 0.29) is 17.7 Å². The quantitative estimate of drug-likeness (QED) is 0.613. The molecule has 0 saturated heterocycles. The maximum absolute atomic E-state index is 11.9. The van der Waals surface area contributed by atoms with Crippen LogP contribution in [0.4, 0.5) is 0 Å². The summed E-state index contributed by atoms with van der Waals surface area (Å²) in [6.07, 6.45) is 4.71. The van der Waals surface area contributed by atoms with Gasteiger partial charge in [0.15, 0.2) is 6.40 Å². The summed E-state index contributed by atoms with van der Waals surface area (Å²) < 4.78 is 13.7. The Kier molecular flexibility index (Phi) is 4.58. The molecule has 0 saturated carbocycles. The van der Waals surface area contributed by atoms with E-state index in [9.17, 15) is 10.1 Å². The highest BCUT2D eigenvalue weighted by atomic mass is 16.5. The van der Waals surface area contributed by atoms with E-state index in [1.54, 1.807) is 24.9 Å². The normalized spacial score (nSPS) is 16.3. The molecule has 1 atom stereocenters. The number of carbonyl (C=O) groups excluding carboxylic acids is 1. The standard InChI is InChI=1S/C17H18N6O3/c1-5-25-9-19-16-13(6-18)15(12-7-20-22(4)8-12)14-10(2)23(11(3)24)21-17(14)26-16/h7-9,15H,5H2,1-4H3/t15-/m1/s1. The summed E-state index contributed by atoms with van der Waals surface area (Å²) in [5.41, 5.74) is 2.35. The van der Waals surface area contributed by atoms with Crippen LogP contribution in [0.25, 0.3) is 0 Å². The fourth-order valence-electron chi connectivity index (χ4n) is 2.91. The van der Waals surface area contributed by atoms with Gasteiger partial charge in [0.25, 0.3) is 0 Å². The van der Waals surface area contributed by atoms with Crippen molar-refractivity contribution in [2.24, 2.45) is 12.0 Å². The van der Waals surface area contributed by atoms with Crippen molar-refractivity contribution in [1.29, 1.82) is 5.26 Å². The summed E-state index contributed by atoms with van der Waals surface area (Å²) in [5.74, 6) is -0.396. The van der Waals surface area contributed by atoms with E-state index in [0.717, 1.165) is 5.56 Å². The van der Waals surface area contributed by atoms with E-state index in [0.29, 0.717) is 23.4 Å². The van der Waals surface area contributed by atoms with Gasteiger partial charge in [-0.25, -0.2) is 4.68 Å². The molecule has 0 unspecified atom stereocenters. The SMILES string of the molecule is CCOC=NC1=C(C#N)[C@@H](c2cnn(C)c2)c2c(nn(C(C)=O)c2C)O1. The first kappa shape index (κ1) is 17.4. The number of fused-ring (bicyclic) bond motifs is 1. The molecule has 9 heteroatoms. The van der Waals surface area contributed by atoms with Gasteiger partial charge in [0, 0.05) is 25.7 Å². The highest BCUT2D eigenvalue weighted by Crippen LogP contribution is 2.44. The molecule has 1 aliphatic rings. The largest absolute Gasteiger partial charge is 0.483 e. The second kappa shape index (κ2) is 6.84. The van der Waals surface area contributed by atoms with Crippen LogP contribution in [0.3, 0.4) is 0 Å². The van der Waals surface area contributed by atoms with Crippen LogP contribution in [0, 0.1) is 18.3 Å². The summed E-state index contributed by atoms with van der Waals surface area (Å²) in [6, 6.07) is 2.17. The molecule has 2 aromatic rings. The first-order valence-corrected chi connectivity index (χ1v) is 8.03. The molecular weight excluding hydrogens is 336 g/mol. The number of hydrogen-bond donors (Lipinski definition) is 0. The Morgan fingerprint density at radius 2 is 2.35 bits per heavy atom. The number of allylic oxidation sites excluding steroid dienone is 1. The highest BCUT2D eigenvalue weighted by Gasteiger charge is 2.37. The van der Waals surface area contributed by atoms with E-state index < -0.39 is 5.92 Å². The van der Waals surface area contributed by atoms with Crippen LogP contribution in [0.5, 0.6) is 5.88 Å². The van der Waals surface area contributed by atoms with Crippen molar-refractivity contribution in [3.63, 3.8) is 0 Å². The Hall–Kier alpha value is -3.41. The number of nitriles is 1. The third kappa shape index (κ3) is 2.86. The summed E-state index contributed by atoms with van der Waals surface area (Å²) in [4.78, 5) is 16.0. The maximum Gasteiger partial charge on any atom is 0.245 e. The number of carbonyl (C=O) groups is 1. The second-order valence-electron chi connectivity index (χ2n) is 5.74. The molecule has 0 amide bonds. The van der Waals surface area contributed by atoms with Crippen molar-refractivity contribution in [2.45, 2.75) is 26.7 Å². The summed E-state index contributed by atoms with van der Waals surface area (Å²) in [6.45, 7) is 5.44. The molecular formula is C17H18N6O3. The van der Waals surface area contributed by atoms with Gasteiger partial charge in [0.2, 0.25) is 17.7 Å². The van der Waals surface area contributed by atoms with E-state index >= 15 is 0 Å². The van der Waals surface area contributed by atoms with Crippen LogP contribution in [-0.2, 0) is 11.8 Å². The lowest BCUT2D eigenvalue weighted by atomic mass is 9.86. The van der Waals surface area contributed by atoms with Gasteiger partial charge in [0.1, 0.15) is 11.6 Å². The van der Waals surface area contributed by atoms with Crippen LogP contribution in [0.2, 0.25) is 0 Å². The molecule has 0 fully saturated rings. The van der Waals surface area contributed by atoms with Gasteiger partial charge in [-0.15, -0.1) is 5.10 Å². The molecule has 1 aliphatic heterocycles. The fourth-order valence-corrected chi connectivity index (χ4v) is 2.91. The first-order valence-electron chi connectivity index (χ1n) is 8.03. The molecule has 9 nitrogen and oxygen atoms in total. The number of aryl methyl sites for hydroxylation is 1. The molecule has 0 radical (unpaired) electrons. The molecule has 0 aliphatic carbocycles. The Balaban J connectivity index is 2.22. The molecule has 26 heavy (non-hydrogen) atoms. The zero-order valence-electron chi connectivity index (χ0n) is 14.9. The van der Waals surface area contributed by atoms with Crippen molar-refractivity contribution in [2.75, 3.05) is 6.61 Å². The van der Waals surface area contributed by atoms with Crippen molar-refractivity contribution in [3.05, 3.63) is 40.7 Å². The first-order chi connectivity index (χ1) is 12.5. The summed E-state index contributed by atoms with van der Waals surface area (Å²) >= 11 is 0. The molecule has 3 heterocycles. The van der Waals surface area contributed by atoms with Crippen molar-refractivity contribution < 1.29 is 14.3 Å². The lowest BCUT2D eigenvalue weighted by molar-refractivity contribution is 0.0917. The van der Waals surface area contributed by atoms with Crippen molar-refractivity contribution >= 4 is 12.3 Å². The van der Waals surface area contributed by atoms with Crippen LogP contribution in [0.1, 0.15) is 41.4 Å². The Morgan fingerprint density at radius 1 is 1.58 bits per heavy atom. The minimum Gasteiger partial charge on any atom is -0.483 e. The molecule has 0 spiro atoms. The predicted molar refractivity (Wildman–Crippen MR) is 91.7 cm³/mol. The number of hydrogen-bond acceptors (Lipinski definition) is 7. The van der Waals surface area contributed by atoms with E-state index in [1.165, 1.54) is 18.0 Å². The van der Waals surface area contributed by atoms with Crippen LogP contribution < -0.4 is 4.74 Å². The minimum absolute atomic E-state index is 0.0931. The van der Waals surface area contributed by atoms with E-state index in [4.69, 9.17) is 9.47 Å². The van der Waals surface area contributed by atoms with Gasteiger partial charge < -0.3 is 9.47 Å². The van der Waals surface area contributed by atoms with E-state index in [1.807, 2.05) is 13.1 Å². The Labute approximate surface area is 150 Å². The fraction of sp³-hybridized carbons (Fsp3) is 0.353. The smallest absolute Gasteiger partial charge is 0.245 e. The summed E-state index contributed by atoms with van der Waals surface area (Å²) in [5, 5.41) is 18.2. The zero-order chi connectivity index (χ0) is 18.8. The predicted octanol–water partition coefficient (Wildman–Crippen LogP) is 1.91. The molecule has 2 aromatic heterocycles. The Bertz CT molecular complexity index is 960. The third-order valence-electron chi connectivity index (χ3n) is 4.02. The lowest BCUT2D eigenvalue weighted by Crippen LogP contribution is -2.15. The maximum atomic E-state index is 11.9. The van der Waals surface area contributed by atoms with Gasteiger partial charge in [-0.2, -0.15) is 15.4 Å². The van der Waals surface area contributed by atoms with Crippen LogP contribution in [-0.4, -0.2) is 38.5 Å². The monoisotopic (exact) mass is 354 g/mol. The van der Waals surface area contributed by atoms with Crippen molar-refractivity contribution in [1.82, 2.24) is 19.6 Å². The van der Waals surface area contributed by atoms with Gasteiger partial charge in [-0.1, -0.05) is 0 Å². The molecule has 0 N–H and O–H groups in total. The third-order valence-corrected chi connectivity index (χ3v) is 4.02. The number of rotatable bonds is 4. The highest BCUT2D eigenvalue weighted by molar-refractivity contribution is 5.77. The van der Waals surface area contributed by atoms with Gasteiger partial charge in [-0.3, -0.25) is 9.48 Å². The van der Waals surface area contributed by atoms with Crippen molar-refractivity contribution in [3.8, 4) is 11.9 Å². The van der Waals surface area contributed by atoms with Gasteiger partial charge in [-0.05, 0) is 13.8 Å². The van der Waals surface area contributed by atoms with Gasteiger partial charge in [0.05, 0.1) is 30.0 Å².